The standard InChI is InChI=1S/C16H20N2/c1-16(2,3)17-18(14-10-6-4-7-11-14)15-12-8-5-9-13-15/h4-13,17H,1-3H3. The van der Waals surface area contributed by atoms with Crippen molar-refractivity contribution in [1.82, 2.24) is 5.43 Å². The van der Waals surface area contributed by atoms with Crippen molar-refractivity contribution in [3.8, 4) is 0 Å². The zero-order chi connectivity index (χ0) is 13.0. The van der Waals surface area contributed by atoms with Crippen molar-refractivity contribution in [2.75, 3.05) is 5.01 Å². The topological polar surface area (TPSA) is 15.3 Å². The Balaban J connectivity index is 2.36. The van der Waals surface area contributed by atoms with Crippen LogP contribution in [0.25, 0.3) is 0 Å². The highest BCUT2D eigenvalue weighted by molar-refractivity contribution is 5.61. The fourth-order valence-corrected chi connectivity index (χ4v) is 1.77. The van der Waals surface area contributed by atoms with E-state index in [-0.39, 0.29) is 5.54 Å². The van der Waals surface area contributed by atoms with Crippen LogP contribution in [0.3, 0.4) is 0 Å². The van der Waals surface area contributed by atoms with Gasteiger partial charge in [-0.05, 0) is 45.0 Å². The van der Waals surface area contributed by atoms with Gasteiger partial charge in [-0.3, -0.25) is 5.01 Å². The van der Waals surface area contributed by atoms with Gasteiger partial charge in [0.25, 0.3) is 0 Å². The monoisotopic (exact) mass is 240 g/mol. The van der Waals surface area contributed by atoms with Gasteiger partial charge in [-0.15, -0.1) is 0 Å². The number of rotatable bonds is 3. The molecule has 0 amide bonds. The molecule has 2 heteroatoms. The van der Waals surface area contributed by atoms with E-state index in [1.165, 1.54) is 0 Å². The maximum absolute atomic E-state index is 3.52. The first-order valence-electron chi connectivity index (χ1n) is 6.24. The molecule has 0 atom stereocenters. The van der Waals surface area contributed by atoms with E-state index < -0.39 is 0 Å². The molecule has 0 bridgehead atoms. The van der Waals surface area contributed by atoms with E-state index in [0.717, 1.165) is 11.4 Å². The van der Waals surface area contributed by atoms with Crippen LogP contribution in [0.2, 0.25) is 0 Å². The third kappa shape index (κ3) is 3.34. The van der Waals surface area contributed by atoms with Crippen LogP contribution >= 0.6 is 0 Å². The Morgan fingerprint density at radius 3 is 1.44 bits per heavy atom. The molecular formula is C16H20N2. The minimum atomic E-state index is 0.00564. The second-order valence-corrected chi connectivity index (χ2v) is 5.37. The second kappa shape index (κ2) is 5.23. The number of hydrazine groups is 1. The number of para-hydroxylation sites is 2. The normalized spacial score (nSPS) is 11.3. The Hall–Kier alpha value is -1.80. The predicted molar refractivity (Wildman–Crippen MR) is 77.9 cm³/mol. The summed E-state index contributed by atoms with van der Waals surface area (Å²) in [4.78, 5) is 0. The minimum Gasteiger partial charge on any atom is -0.277 e. The number of hydrogen-bond acceptors (Lipinski definition) is 2. The van der Waals surface area contributed by atoms with Crippen LogP contribution in [-0.2, 0) is 0 Å². The van der Waals surface area contributed by atoms with Gasteiger partial charge in [0, 0.05) is 5.54 Å². The lowest BCUT2D eigenvalue weighted by molar-refractivity contribution is 0.432. The van der Waals surface area contributed by atoms with E-state index in [1.54, 1.807) is 0 Å². The van der Waals surface area contributed by atoms with Gasteiger partial charge in [0.15, 0.2) is 0 Å². The molecule has 0 radical (unpaired) electrons. The largest absolute Gasteiger partial charge is 0.277 e. The Kier molecular flexibility index (Phi) is 3.68. The molecule has 2 nitrogen and oxygen atoms in total. The Morgan fingerprint density at radius 1 is 0.722 bits per heavy atom. The summed E-state index contributed by atoms with van der Waals surface area (Å²) in [5, 5.41) is 2.12. The predicted octanol–water partition coefficient (Wildman–Crippen LogP) is 4.13. The molecule has 18 heavy (non-hydrogen) atoms. The van der Waals surface area contributed by atoms with Gasteiger partial charge < -0.3 is 0 Å². The lowest BCUT2D eigenvalue weighted by Gasteiger charge is -2.33. The van der Waals surface area contributed by atoms with Gasteiger partial charge >= 0.3 is 0 Å². The zero-order valence-corrected chi connectivity index (χ0v) is 11.2. The maximum atomic E-state index is 3.52. The zero-order valence-electron chi connectivity index (χ0n) is 11.2. The number of hydrogen-bond donors (Lipinski definition) is 1. The third-order valence-corrected chi connectivity index (χ3v) is 2.48. The van der Waals surface area contributed by atoms with Crippen molar-refractivity contribution in [1.29, 1.82) is 0 Å². The molecule has 0 aliphatic rings. The van der Waals surface area contributed by atoms with Gasteiger partial charge in [0.1, 0.15) is 0 Å². The number of nitrogens with zero attached hydrogens (tertiary/aromatic N) is 1. The molecule has 1 N–H and O–H groups in total. The number of benzene rings is 2. The Bertz CT molecular complexity index is 432. The SMILES string of the molecule is CC(C)(C)NN(c1ccccc1)c1ccccc1. The average molecular weight is 240 g/mol. The average Bonchev–Trinajstić information content (AvgIpc) is 2.37. The third-order valence-electron chi connectivity index (χ3n) is 2.48. The molecule has 0 aliphatic carbocycles. The molecule has 2 rings (SSSR count). The molecule has 94 valence electrons. The first-order chi connectivity index (χ1) is 8.56. The summed E-state index contributed by atoms with van der Waals surface area (Å²) in [6, 6.07) is 20.7. The summed E-state index contributed by atoms with van der Waals surface area (Å²) in [5.74, 6) is 0. The maximum Gasteiger partial charge on any atom is 0.0577 e. The molecule has 0 spiro atoms. The highest BCUT2D eigenvalue weighted by atomic mass is 15.5. The van der Waals surface area contributed by atoms with Crippen molar-refractivity contribution in [3.05, 3.63) is 60.7 Å². The Morgan fingerprint density at radius 2 is 1.11 bits per heavy atom. The molecule has 0 saturated heterocycles. The van der Waals surface area contributed by atoms with Gasteiger partial charge in [-0.1, -0.05) is 36.4 Å². The lowest BCUT2D eigenvalue weighted by atomic mass is 10.1. The molecule has 0 heterocycles. The van der Waals surface area contributed by atoms with E-state index in [9.17, 15) is 0 Å². The number of anilines is 2. The van der Waals surface area contributed by atoms with Crippen molar-refractivity contribution in [2.24, 2.45) is 0 Å². The van der Waals surface area contributed by atoms with Crippen molar-refractivity contribution < 1.29 is 0 Å². The fraction of sp³-hybridized carbons (Fsp3) is 0.250. The van der Waals surface area contributed by atoms with Crippen LogP contribution in [-0.4, -0.2) is 5.54 Å². The van der Waals surface area contributed by atoms with Crippen LogP contribution in [0.15, 0.2) is 60.7 Å². The summed E-state index contributed by atoms with van der Waals surface area (Å²) in [6.07, 6.45) is 0. The summed E-state index contributed by atoms with van der Waals surface area (Å²) >= 11 is 0. The van der Waals surface area contributed by atoms with Crippen LogP contribution in [0.1, 0.15) is 20.8 Å². The van der Waals surface area contributed by atoms with Gasteiger partial charge in [0.2, 0.25) is 0 Å². The molecule has 0 aliphatic heterocycles. The first-order valence-corrected chi connectivity index (χ1v) is 6.24. The highest BCUT2D eigenvalue weighted by Gasteiger charge is 2.16. The van der Waals surface area contributed by atoms with Gasteiger partial charge in [-0.2, -0.15) is 0 Å². The highest BCUT2D eigenvalue weighted by Crippen LogP contribution is 2.24. The Labute approximate surface area is 109 Å². The molecule has 0 unspecified atom stereocenters. The van der Waals surface area contributed by atoms with E-state index in [0.29, 0.717) is 0 Å². The minimum absolute atomic E-state index is 0.00564. The van der Waals surface area contributed by atoms with Crippen LogP contribution in [0.4, 0.5) is 11.4 Å². The summed E-state index contributed by atoms with van der Waals surface area (Å²) in [5.41, 5.74) is 5.80. The van der Waals surface area contributed by atoms with Crippen molar-refractivity contribution >= 4 is 11.4 Å². The van der Waals surface area contributed by atoms with Crippen molar-refractivity contribution in [3.63, 3.8) is 0 Å². The van der Waals surface area contributed by atoms with E-state index in [2.05, 4.69) is 79.7 Å². The molecular weight excluding hydrogens is 220 g/mol. The van der Waals surface area contributed by atoms with Gasteiger partial charge in [-0.25, -0.2) is 5.43 Å². The first kappa shape index (κ1) is 12.7. The van der Waals surface area contributed by atoms with E-state index in [4.69, 9.17) is 0 Å². The van der Waals surface area contributed by atoms with Crippen LogP contribution in [0, 0.1) is 0 Å². The van der Waals surface area contributed by atoms with Gasteiger partial charge in [0.05, 0.1) is 11.4 Å². The lowest BCUT2D eigenvalue weighted by Crippen LogP contribution is -2.46. The van der Waals surface area contributed by atoms with Crippen LogP contribution < -0.4 is 10.4 Å². The molecule has 0 fully saturated rings. The van der Waals surface area contributed by atoms with Crippen LogP contribution in [0.5, 0.6) is 0 Å². The second-order valence-electron chi connectivity index (χ2n) is 5.37. The summed E-state index contributed by atoms with van der Waals surface area (Å²) in [6.45, 7) is 6.48. The van der Waals surface area contributed by atoms with E-state index >= 15 is 0 Å². The summed E-state index contributed by atoms with van der Waals surface area (Å²) in [7, 11) is 0. The fourth-order valence-electron chi connectivity index (χ4n) is 1.77. The number of nitrogens with one attached hydrogen (secondary N) is 1. The quantitative estimate of drug-likeness (QED) is 0.812. The molecule has 0 saturated carbocycles. The smallest absolute Gasteiger partial charge is 0.0577 e. The van der Waals surface area contributed by atoms with Crippen molar-refractivity contribution in [2.45, 2.75) is 26.3 Å². The molecule has 0 aromatic heterocycles. The molecule has 2 aromatic rings. The summed E-state index contributed by atoms with van der Waals surface area (Å²) < 4.78 is 0. The van der Waals surface area contributed by atoms with E-state index in [1.807, 2.05) is 12.1 Å². The molecule has 2 aromatic carbocycles.